The Labute approximate surface area is 78.5 Å². The van der Waals surface area contributed by atoms with Crippen LogP contribution in [0.2, 0.25) is 0 Å². The minimum Gasteiger partial charge on any atom is -0.373 e. The molecule has 0 radical (unpaired) electrons. The predicted molar refractivity (Wildman–Crippen MR) is 49.9 cm³/mol. The van der Waals surface area contributed by atoms with Crippen LogP contribution in [0.25, 0.3) is 0 Å². The van der Waals surface area contributed by atoms with Gasteiger partial charge in [0.1, 0.15) is 5.60 Å². The predicted octanol–water partition coefficient (Wildman–Crippen LogP) is 3.15. The van der Waals surface area contributed by atoms with Gasteiger partial charge in [-0.05, 0) is 34.8 Å². The zero-order valence-electron chi connectivity index (χ0n) is 6.26. The molecule has 0 unspecified atom stereocenters. The summed E-state index contributed by atoms with van der Waals surface area (Å²) in [5.74, 6) is 0. The van der Waals surface area contributed by atoms with Crippen LogP contribution >= 0.6 is 27.3 Å². The number of hydrogen-bond acceptors (Lipinski definition) is 2. The van der Waals surface area contributed by atoms with Crippen LogP contribution in [0.15, 0.2) is 15.9 Å². The first-order valence-electron chi connectivity index (χ1n) is 3.56. The van der Waals surface area contributed by atoms with Crippen LogP contribution in [0.4, 0.5) is 0 Å². The highest BCUT2D eigenvalue weighted by atomic mass is 79.9. The normalized spacial score (nSPS) is 20.2. The van der Waals surface area contributed by atoms with E-state index in [1.54, 1.807) is 18.4 Å². The number of rotatable bonds is 2. The lowest BCUT2D eigenvalue weighted by Crippen LogP contribution is -2.05. The molecule has 0 spiro atoms. The lowest BCUT2D eigenvalue weighted by atomic mass is 10.3. The summed E-state index contributed by atoms with van der Waals surface area (Å²) in [6, 6.07) is 2.15. The summed E-state index contributed by atoms with van der Waals surface area (Å²) >= 11 is 5.21. The Morgan fingerprint density at radius 3 is 2.73 bits per heavy atom. The molecule has 0 aliphatic heterocycles. The fourth-order valence-corrected chi connectivity index (χ4v) is 2.88. The van der Waals surface area contributed by atoms with Crippen molar-refractivity contribution in [1.82, 2.24) is 0 Å². The van der Waals surface area contributed by atoms with E-state index in [0.717, 1.165) is 0 Å². The minimum atomic E-state index is 0.0939. The van der Waals surface area contributed by atoms with E-state index in [4.69, 9.17) is 4.74 Å². The summed E-state index contributed by atoms with van der Waals surface area (Å²) in [4.78, 5) is 1.35. The second-order valence-electron chi connectivity index (χ2n) is 2.83. The topological polar surface area (TPSA) is 9.23 Å². The summed E-state index contributed by atoms with van der Waals surface area (Å²) in [5, 5.41) is 2.11. The van der Waals surface area contributed by atoms with E-state index in [9.17, 15) is 0 Å². The van der Waals surface area contributed by atoms with Gasteiger partial charge in [0.25, 0.3) is 0 Å². The molecule has 1 nitrogen and oxygen atoms in total. The van der Waals surface area contributed by atoms with Gasteiger partial charge in [-0.15, -0.1) is 11.3 Å². The van der Waals surface area contributed by atoms with E-state index >= 15 is 0 Å². The van der Waals surface area contributed by atoms with Gasteiger partial charge in [-0.3, -0.25) is 0 Å². The van der Waals surface area contributed by atoms with E-state index in [1.807, 2.05) is 0 Å². The smallest absolute Gasteiger partial charge is 0.102 e. The van der Waals surface area contributed by atoms with Crippen LogP contribution < -0.4 is 0 Å². The molecule has 0 amide bonds. The average Bonchev–Trinajstić information content (AvgIpc) is 2.70. The Hall–Kier alpha value is 0.140. The number of hydrogen-bond donors (Lipinski definition) is 0. The van der Waals surface area contributed by atoms with Crippen LogP contribution in [-0.4, -0.2) is 7.11 Å². The van der Waals surface area contributed by atoms with Gasteiger partial charge < -0.3 is 4.74 Å². The maximum absolute atomic E-state index is 5.44. The SMILES string of the molecule is COC1(c2cc(Br)cs2)CC1. The van der Waals surface area contributed by atoms with Crippen molar-refractivity contribution in [3.8, 4) is 0 Å². The van der Waals surface area contributed by atoms with Gasteiger partial charge in [-0.25, -0.2) is 0 Å². The Bertz CT molecular complexity index is 265. The minimum absolute atomic E-state index is 0.0939. The third-order valence-electron chi connectivity index (χ3n) is 2.11. The molecule has 1 heterocycles. The molecule has 1 fully saturated rings. The van der Waals surface area contributed by atoms with Gasteiger partial charge in [-0.1, -0.05) is 0 Å². The van der Waals surface area contributed by atoms with E-state index in [-0.39, 0.29) is 5.60 Å². The van der Waals surface area contributed by atoms with Crippen molar-refractivity contribution in [3.63, 3.8) is 0 Å². The largest absolute Gasteiger partial charge is 0.373 e. The van der Waals surface area contributed by atoms with Crippen LogP contribution in [0.5, 0.6) is 0 Å². The first-order valence-corrected chi connectivity index (χ1v) is 5.24. The van der Waals surface area contributed by atoms with Crippen molar-refractivity contribution in [1.29, 1.82) is 0 Å². The molecule has 0 N–H and O–H groups in total. The van der Waals surface area contributed by atoms with Gasteiger partial charge in [0.15, 0.2) is 0 Å². The first-order chi connectivity index (χ1) is 5.27. The zero-order valence-corrected chi connectivity index (χ0v) is 8.67. The lowest BCUT2D eigenvalue weighted by molar-refractivity contribution is 0.0820. The van der Waals surface area contributed by atoms with E-state index in [0.29, 0.717) is 0 Å². The Kier molecular flexibility index (Phi) is 1.82. The van der Waals surface area contributed by atoms with Crippen LogP contribution in [0.3, 0.4) is 0 Å². The summed E-state index contributed by atoms with van der Waals surface area (Å²) in [6.45, 7) is 0. The maximum Gasteiger partial charge on any atom is 0.102 e. The second kappa shape index (κ2) is 2.57. The third-order valence-corrected chi connectivity index (χ3v) is 3.99. The highest BCUT2D eigenvalue weighted by Crippen LogP contribution is 2.51. The molecule has 0 bridgehead atoms. The van der Waals surface area contributed by atoms with Crippen molar-refractivity contribution in [2.75, 3.05) is 7.11 Å². The number of methoxy groups -OCH3 is 1. The standard InChI is InChI=1S/C8H9BrOS/c1-10-8(2-3-8)7-4-6(9)5-11-7/h4-5H,2-3H2,1H3. The molecule has 0 atom stereocenters. The highest BCUT2D eigenvalue weighted by molar-refractivity contribution is 9.10. The van der Waals surface area contributed by atoms with Crippen LogP contribution in [0, 0.1) is 0 Å². The summed E-state index contributed by atoms with van der Waals surface area (Å²) in [5.41, 5.74) is 0.0939. The molecule has 60 valence electrons. The number of halogens is 1. The van der Waals surface area contributed by atoms with Crippen LogP contribution in [0.1, 0.15) is 17.7 Å². The van der Waals surface area contributed by atoms with Gasteiger partial charge in [0, 0.05) is 21.8 Å². The molecular weight excluding hydrogens is 224 g/mol. The molecule has 1 saturated carbocycles. The van der Waals surface area contributed by atoms with Gasteiger partial charge in [0.2, 0.25) is 0 Å². The number of thiophene rings is 1. The molecule has 1 aromatic heterocycles. The van der Waals surface area contributed by atoms with Crippen LogP contribution in [-0.2, 0) is 10.3 Å². The lowest BCUT2D eigenvalue weighted by Gasteiger charge is -2.09. The van der Waals surface area contributed by atoms with E-state index in [2.05, 4.69) is 27.4 Å². The molecule has 2 rings (SSSR count). The van der Waals surface area contributed by atoms with Gasteiger partial charge in [0.05, 0.1) is 0 Å². The molecule has 1 aliphatic carbocycles. The van der Waals surface area contributed by atoms with Crippen molar-refractivity contribution in [2.24, 2.45) is 0 Å². The molecular formula is C8H9BrOS. The molecule has 11 heavy (non-hydrogen) atoms. The van der Waals surface area contributed by atoms with Crippen molar-refractivity contribution in [2.45, 2.75) is 18.4 Å². The zero-order chi connectivity index (χ0) is 7.90. The van der Waals surface area contributed by atoms with Gasteiger partial charge >= 0.3 is 0 Å². The van der Waals surface area contributed by atoms with Crippen molar-refractivity contribution >= 4 is 27.3 Å². The van der Waals surface area contributed by atoms with E-state index < -0.39 is 0 Å². The van der Waals surface area contributed by atoms with Crippen molar-refractivity contribution < 1.29 is 4.74 Å². The molecule has 1 aromatic rings. The van der Waals surface area contributed by atoms with E-state index in [1.165, 1.54) is 22.2 Å². The fraction of sp³-hybridized carbons (Fsp3) is 0.500. The highest BCUT2D eigenvalue weighted by Gasteiger charge is 2.45. The summed E-state index contributed by atoms with van der Waals surface area (Å²) < 4.78 is 6.61. The Balaban J connectivity index is 2.29. The van der Waals surface area contributed by atoms with Crippen molar-refractivity contribution in [3.05, 3.63) is 20.8 Å². The average molecular weight is 233 g/mol. The first kappa shape index (κ1) is 7.77. The molecule has 0 saturated heterocycles. The molecule has 0 aromatic carbocycles. The van der Waals surface area contributed by atoms with Gasteiger partial charge in [-0.2, -0.15) is 0 Å². The third kappa shape index (κ3) is 1.25. The Morgan fingerprint density at radius 1 is 1.64 bits per heavy atom. The quantitative estimate of drug-likeness (QED) is 0.762. The summed E-state index contributed by atoms with van der Waals surface area (Å²) in [7, 11) is 1.79. The molecule has 3 heteroatoms. The second-order valence-corrected chi connectivity index (χ2v) is 4.65. The number of ether oxygens (including phenoxy) is 1. The monoisotopic (exact) mass is 232 g/mol. The molecule has 1 aliphatic rings. The maximum atomic E-state index is 5.44. The Morgan fingerprint density at radius 2 is 2.36 bits per heavy atom. The fourth-order valence-electron chi connectivity index (χ4n) is 1.22. The summed E-state index contributed by atoms with van der Waals surface area (Å²) in [6.07, 6.45) is 2.35.